The SMILES string of the molecule is COc1ccccc1C(=O)C(N)C1(c2ccccc2)CCC(OC(=O)NCC(=O)N(C)C)CC1. The van der Waals surface area contributed by atoms with Crippen LogP contribution in [0.25, 0.3) is 0 Å². The number of para-hydroxylation sites is 1. The van der Waals surface area contributed by atoms with E-state index in [4.69, 9.17) is 15.2 Å². The van der Waals surface area contributed by atoms with E-state index in [2.05, 4.69) is 5.32 Å². The van der Waals surface area contributed by atoms with Crippen molar-refractivity contribution in [2.75, 3.05) is 27.7 Å². The van der Waals surface area contributed by atoms with Crippen LogP contribution in [0.4, 0.5) is 4.79 Å². The van der Waals surface area contributed by atoms with Crippen LogP contribution in [-0.2, 0) is 14.9 Å². The molecule has 1 aliphatic carbocycles. The highest BCUT2D eigenvalue weighted by Crippen LogP contribution is 2.43. The maximum absolute atomic E-state index is 13.5. The Kier molecular flexibility index (Phi) is 8.28. The van der Waals surface area contributed by atoms with Crippen molar-refractivity contribution >= 4 is 17.8 Å². The van der Waals surface area contributed by atoms with Crippen molar-refractivity contribution in [3.05, 3.63) is 65.7 Å². The number of methoxy groups -OCH3 is 1. The molecule has 0 radical (unpaired) electrons. The standard InChI is InChI=1S/C26H33N3O5/c1-29(2)22(30)17-28-25(32)34-19-13-15-26(16-14-19,18-9-5-4-6-10-18)24(27)23(31)20-11-7-8-12-21(20)33-3/h4-12,19,24H,13-17,27H2,1-3H3,(H,28,32). The normalized spacial score (nSPS) is 20.6. The Morgan fingerprint density at radius 3 is 2.29 bits per heavy atom. The average Bonchev–Trinajstić information content (AvgIpc) is 2.87. The van der Waals surface area contributed by atoms with Gasteiger partial charge in [-0.3, -0.25) is 9.59 Å². The lowest BCUT2D eigenvalue weighted by Crippen LogP contribution is -2.53. The maximum atomic E-state index is 13.5. The van der Waals surface area contributed by atoms with E-state index >= 15 is 0 Å². The van der Waals surface area contributed by atoms with Gasteiger partial charge in [-0.1, -0.05) is 42.5 Å². The molecule has 0 aromatic heterocycles. The molecule has 0 saturated heterocycles. The van der Waals surface area contributed by atoms with E-state index in [1.54, 1.807) is 32.3 Å². The Bertz CT molecular complexity index is 1000. The van der Waals surface area contributed by atoms with Crippen LogP contribution >= 0.6 is 0 Å². The third kappa shape index (κ3) is 5.56. The third-order valence-corrected chi connectivity index (χ3v) is 6.58. The molecule has 1 fully saturated rings. The Balaban J connectivity index is 1.75. The van der Waals surface area contributed by atoms with Crippen molar-refractivity contribution in [2.24, 2.45) is 5.73 Å². The van der Waals surface area contributed by atoms with Crippen molar-refractivity contribution < 1.29 is 23.9 Å². The van der Waals surface area contributed by atoms with Crippen molar-refractivity contribution in [1.82, 2.24) is 10.2 Å². The first-order valence-electron chi connectivity index (χ1n) is 11.4. The van der Waals surface area contributed by atoms with E-state index < -0.39 is 17.6 Å². The number of nitrogens with one attached hydrogen (secondary N) is 1. The van der Waals surface area contributed by atoms with Crippen LogP contribution in [0, 0.1) is 0 Å². The number of likely N-dealkylation sites (N-methyl/N-ethyl adjacent to an activating group) is 1. The molecule has 1 saturated carbocycles. The number of benzene rings is 2. The summed E-state index contributed by atoms with van der Waals surface area (Å²) in [4.78, 5) is 38.8. The van der Waals surface area contributed by atoms with Crippen LogP contribution in [0.1, 0.15) is 41.6 Å². The smallest absolute Gasteiger partial charge is 0.407 e. The van der Waals surface area contributed by atoms with Gasteiger partial charge in [0.05, 0.1) is 18.7 Å². The minimum Gasteiger partial charge on any atom is -0.496 e. The number of amides is 2. The van der Waals surface area contributed by atoms with Crippen LogP contribution in [-0.4, -0.2) is 62.6 Å². The summed E-state index contributed by atoms with van der Waals surface area (Å²) in [6, 6.07) is 16.1. The van der Waals surface area contributed by atoms with Gasteiger partial charge in [0.25, 0.3) is 0 Å². The van der Waals surface area contributed by atoms with Crippen molar-refractivity contribution in [1.29, 1.82) is 0 Å². The van der Waals surface area contributed by atoms with Gasteiger partial charge >= 0.3 is 6.09 Å². The van der Waals surface area contributed by atoms with Crippen LogP contribution in [0.5, 0.6) is 5.75 Å². The first-order chi connectivity index (χ1) is 16.3. The molecule has 3 rings (SSSR count). The Labute approximate surface area is 200 Å². The summed E-state index contributed by atoms with van der Waals surface area (Å²) in [7, 11) is 4.77. The van der Waals surface area contributed by atoms with E-state index in [1.165, 1.54) is 12.0 Å². The zero-order valence-corrected chi connectivity index (χ0v) is 20.0. The summed E-state index contributed by atoms with van der Waals surface area (Å²) in [5.41, 5.74) is 7.55. The van der Waals surface area contributed by atoms with E-state index in [1.807, 2.05) is 36.4 Å². The number of carbonyl (C=O) groups is 3. The summed E-state index contributed by atoms with van der Waals surface area (Å²) < 4.78 is 10.9. The highest BCUT2D eigenvalue weighted by molar-refractivity contribution is 6.03. The monoisotopic (exact) mass is 467 g/mol. The molecule has 0 heterocycles. The third-order valence-electron chi connectivity index (χ3n) is 6.58. The lowest BCUT2D eigenvalue weighted by atomic mass is 9.63. The lowest BCUT2D eigenvalue weighted by molar-refractivity contribution is -0.127. The van der Waals surface area contributed by atoms with Crippen molar-refractivity contribution in [2.45, 2.75) is 43.2 Å². The Morgan fingerprint density at radius 2 is 1.68 bits per heavy atom. The number of alkyl carbamates (subject to hydrolysis) is 1. The quantitative estimate of drug-likeness (QED) is 0.578. The molecular formula is C26H33N3O5. The zero-order valence-electron chi connectivity index (χ0n) is 20.0. The van der Waals surface area contributed by atoms with Gasteiger partial charge in [-0.2, -0.15) is 0 Å². The predicted molar refractivity (Wildman–Crippen MR) is 129 cm³/mol. The molecule has 2 aromatic rings. The van der Waals surface area contributed by atoms with Gasteiger partial charge in [-0.05, 0) is 43.4 Å². The fraction of sp³-hybridized carbons (Fsp3) is 0.423. The van der Waals surface area contributed by atoms with Gasteiger partial charge < -0.3 is 25.4 Å². The highest BCUT2D eigenvalue weighted by atomic mass is 16.6. The number of nitrogens with zero attached hydrogens (tertiary/aromatic N) is 1. The van der Waals surface area contributed by atoms with E-state index in [0.29, 0.717) is 37.0 Å². The molecular weight excluding hydrogens is 434 g/mol. The lowest BCUT2D eigenvalue weighted by Gasteiger charge is -2.43. The van der Waals surface area contributed by atoms with E-state index in [-0.39, 0.29) is 24.3 Å². The number of ketones is 1. The molecule has 8 nitrogen and oxygen atoms in total. The maximum Gasteiger partial charge on any atom is 0.407 e. The second-order valence-corrected chi connectivity index (χ2v) is 8.81. The molecule has 0 spiro atoms. The number of hydrogen-bond acceptors (Lipinski definition) is 6. The summed E-state index contributed by atoms with van der Waals surface area (Å²) >= 11 is 0. The molecule has 34 heavy (non-hydrogen) atoms. The molecule has 0 bridgehead atoms. The highest BCUT2D eigenvalue weighted by Gasteiger charge is 2.46. The molecule has 0 aliphatic heterocycles. The number of hydrogen-bond donors (Lipinski definition) is 2. The molecule has 1 aliphatic rings. The van der Waals surface area contributed by atoms with Gasteiger partial charge in [-0.25, -0.2) is 4.79 Å². The second-order valence-electron chi connectivity index (χ2n) is 8.81. The number of rotatable bonds is 8. The summed E-state index contributed by atoms with van der Waals surface area (Å²) in [6.07, 6.45) is 1.32. The summed E-state index contributed by atoms with van der Waals surface area (Å²) in [5.74, 6) is 0.0947. The number of ether oxygens (including phenoxy) is 2. The predicted octanol–water partition coefficient (Wildman–Crippen LogP) is 2.90. The molecule has 3 N–H and O–H groups in total. The number of Topliss-reactive ketones (excluding diaryl/α,β-unsaturated/α-hetero) is 1. The average molecular weight is 468 g/mol. The van der Waals surface area contributed by atoms with Crippen molar-refractivity contribution in [3.63, 3.8) is 0 Å². The van der Waals surface area contributed by atoms with Gasteiger partial charge in [-0.15, -0.1) is 0 Å². The largest absolute Gasteiger partial charge is 0.496 e. The fourth-order valence-corrected chi connectivity index (χ4v) is 4.54. The first-order valence-corrected chi connectivity index (χ1v) is 11.4. The van der Waals surface area contributed by atoms with Gasteiger partial charge in [0.2, 0.25) is 5.91 Å². The zero-order chi connectivity index (χ0) is 24.7. The molecule has 1 unspecified atom stereocenters. The summed E-state index contributed by atoms with van der Waals surface area (Å²) in [5, 5.41) is 2.49. The molecule has 2 aromatic carbocycles. The Morgan fingerprint density at radius 1 is 1.06 bits per heavy atom. The molecule has 182 valence electrons. The molecule has 1 atom stereocenters. The molecule has 8 heteroatoms. The molecule has 2 amide bonds. The van der Waals surface area contributed by atoms with Gasteiger partial charge in [0.1, 0.15) is 18.4 Å². The van der Waals surface area contributed by atoms with E-state index in [9.17, 15) is 14.4 Å². The van der Waals surface area contributed by atoms with E-state index in [0.717, 1.165) is 5.56 Å². The minimum absolute atomic E-state index is 0.120. The topological polar surface area (TPSA) is 111 Å². The second kappa shape index (κ2) is 11.2. The van der Waals surface area contributed by atoms with Crippen molar-refractivity contribution in [3.8, 4) is 5.75 Å². The van der Waals surface area contributed by atoms with Crippen LogP contribution < -0.4 is 15.8 Å². The summed E-state index contributed by atoms with van der Waals surface area (Å²) in [6.45, 7) is -0.120. The minimum atomic E-state index is -0.793. The van der Waals surface area contributed by atoms with Gasteiger partial charge in [0, 0.05) is 19.5 Å². The number of carbonyl (C=O) groups excluding carboxylic acids is 3. The van der Waals surface area contributed by atoms with Crippen LogP contribution in [0.15, 0.2) is 54.6 Å². The van der Waals surface area contributed by atoms with Crippen LogP contribution in [0.3, 0.4) is 0 Å². The van der Waals surface area contributed by atoms with Crippen LogP contribution in [0.2, 0.25) is 0 Å². The number of nitrogens with two attached hydrogens (primary N) is 1. The Hall–Kier alpha value is -3.39. The fourth-order valence-electron chi connectivity index (χ4n) is 4.54. The van der Waals surface area contributed by atoms with Gasteiger partial charge in [0.15, 0.2) is 5.78 Å². The first kappa shape index (κ1) is 25.2.